The van der Waals surface area contributed by atoms with Crippen molar-refractivity contribution in [3.05, 3.63) is 60.7 Å². The highest BCUT2D eigenvalue weighted by molar-refractivity contribution is 6.04. The van der Waals surface area contributed by atoms with Crippen molar-refractivity contribution in [3.8, 4) is 17.1 Å². The monoisotopic (exact) mass is 498 g/mol. The Morgan fingerprint density at radius 2 is 1.95 bits per heavy atom. The second kappa shape index (κ2) is 9.25. The first-order valence-corrected chi connectivity index (χ1v) is 12.2. The molecule has 0 saturated carbocycles. The fourth-order valence-corrected chi connectivity index (χ4v) is 5.13. The number of piperidine rings is 1. The van der Waals surface area contributed by atoms with Gasteiger partial charge in [-0.15, -0.1) is 0 Å². The smallest absolute Gasteiger partial charge is 0.324 e. The van der Waals surface area contributed by atoms with Gasteiger partial charge in [-0.1, -0.05) is 0 Å². The van der Waals surface area contributed by atoms with E-state index < -0.39 is 6.61 Å². The van der Waals surface area contributed by atoms with Gasteiger partial charge in [0.2, 0.25) is 5.91 Å². The molecule has 1 saturated heterocycles. The summed E-state index contributed by atoms with van der Waals surface area (Å²) >= 11 is 0. The summed E-state index contributed by atoms with van der Waals surface area (Å²) in [4.78, 5) is 44.7. The van der Waals surface area contributed by atoms with Crippen LogP contribution >= 0.6 is 0 Å². The molecule has 1 fully saturated rings. The van der Waals surface area contributed by atoms with E-state index in [1.165, 1.54) is 0 Å². The Morgan fingerprint density at radius 1 is 1.11 bits per heavy atom. The van der Waals surface area contributed by atoms with E-state index in [0.717, 1.165) is 22.5 Å². The first-order chi connectivity index (χ1) is 18.0. The molecule has 188 valence electrons. The molecule has 11 nitrogen and oxygen atoms in total. The second-order valence-electron chi connectivity index (χ2n) is 9.33. The van der Waals surface area contributed by atoms with Gasteiger partial charge in [-0.25, -0.2) is 19.4 Å². The van der Waals surface area contributed by atoms with E-state index in [1.807, 2.05) is 47.6 Å². The molecule has 6 rings (SSSR count). The third kappa shape index (κ3) is 4.06. The molecule has 3 amide bonds. The Hall–Kier alpha value is -4.38. The van der Waals surface area contributed by atoms with E-state index in [0.29, 0.717) is 49.3 Å². The van der Waals surface area contributed by atoms with E-state index in [9.17, 15) is 14.7 Å². The molecule has 0 atom stereocenters. The van der Waals surface area contributed by atoms with Gasteiger partial charge in [0.05, 0.1) is 23.4 Å². The normalized spacial score (nSPS) is 16.4. The number of carbonyl (C=O) groups is 2. The Kier molecular flexibility index (Phi) is 5.76. The van der Waals surface area contributed by atoms with Gasteiger partial charge in [0, 0.05) is 62.1 Å². The van der Waals surface area contributed by atoms with Crippen molar-refractivity contribution in [2.24, 2.45) is 0 Å². The Bertz CT molecular complexity index is 1460. The molecule has 0 unspecified atom stereocenters. The lowest BCUT2D eigenvalue weighted by Gasteiger charge is -2.43. The summed E-state index contributed by atoms with van der Waals surface area (Å²) in [6.07, 6.45) is 8.36. The van der Waals surface area contributed by atoms with Gasteiger partial charge in [-0.3, -0.25) is 14.7 Å². The van der Waals surface area contributed by atoms with Crippen LogP contribution in [0.3, 0.4) is 0 Å². The molecule has 0 aliphatic carbocycles. The van der Waals surface area contributed by atoms with Crippen LogP contribution in [0.25, 0.3) is 28.1 Å². The molecule has 0 spiro atoms. The van der Waals surface area contributed by atoms with E-state index in [2.05, 4.69) is 15.1 Å². The summed E-state index contributed by atoms with van der Waals surface area (Å²) in [5.74, 6) is 0.425. The topological polar surface area (TPSA) is 121 Å². The van der Waals surface area contributed by atoms with Crippen molar-refractivity contribution in [1.29, 1.82) is 0 Å². The molecule has 6 heterocycles. The van der Waals surface area contributed by atoms with Gasteiger partial charge in [-0.05, 0) is 43.2 Å². The molecule has 2 aliphatic rings. The highest BCUT2D eigenvalue weighted by Gasteiger charge is 2.37. The molecule has 4 aromatic heterocycles. The number of likely N-dealkylation sites (tertiary alicyclic amines) is 1. The molecule has 0 aromatic carbocycles. The van der Waals surface area contributed by atoms with Crippen LogP contribution < -0.4 is 4.90 Å². The average molecular weight is 499 g/mol. The third-order valence-corrected chi connectivity index (χ3v) is 7.04. The van der Waals surface area contributed by atoms with Crippen LogP contribution in [0.2, 0.25) is 0 Å². The lowest BCUT2D eigenvalue weighted by Crippen LogP contribution is -2.54. The van der Waals surface area contributed by atoms with Gasteiger partial charge in [0.15, 0.2) is 5.82 Å². The Balaban J connectivity index is 1.39. The summed E-state index contributed by atoms with van der Waals surface area (Å²) in [5.41, 5.74) is 4.66. The predicted octanol–water partition coefficient (Wildman–Crippen LogP) is 2.23. The van der Waals surface area contributed by atoms with Gasteiger partial charge < -0.3 is 14.9 Å². The maximum Gasteiger partial charge on any atom is 0.324 e. The number of fused-ring (bicyclic) bond motifs is 3. The minimum absolute atomic E-state index is 0.0932. The summed E-state index contributed by atoms with van der Waals surface area (Å²) in [6.45, 7) is 0.923. The summed E-state index contributed by atoms with van der Waals surface area (Å²) < 4.78 is 1.69. The standard InChI is InChI=1S/C26H26N8O3/c1-31-15-18-14-27-21-5-4-20(17-3-6-22(28-13-17)33-10-2-9-29-33)30-24(21)25(18)34(26(31)37)19-7-11-32(12-8-19)23(36)16-35/h2-6,9-10,13-14,19,35H,7-8,11-12,15-16H2,1H3. The number of aliphatic hydroxyl groups excluding tert-OH is 1. The van der Waals surface area contributed by atoms with Crippen molar-refractivity contribution in [3.63, 3.8) is 0 Å². The number of anilines is 1. The summed E-state index contributed by atoms with van der Waals surface area (Å²) in [7, 11) is 1.78. The Morgan fingerprint density at radius 3 is 2.65 bits per heavy atom. The zero-order valence-electron chi connectivity index (χ0n) is 20.4. The van der Waals surface area contributed by atoms with Gasteiger partial charge >= 0.3 is 6.03 Å². The molecule has 0 radical (unpaired) electrons. The number of aromatic nitrogens is 5. The highest BCUT2D eigenvalue weighted by Crippen LogP contribution is 2.37. The number of pyridine rings is 3. The van der Waals surface area contributed by atoms with E-state index in [-0.39, 0.29) is 18.0 Å². The number of hydrogen-bond donors (Lipinski definition) is 1. The summed E-state index contributed by atoms with van der Waals surface area (Å²) in [6, 6.07) is 9.32. The van der Waals surface area contributed by atoms with Crippen molar-refractivity contribution in [2.75, 3.05) is 31.6 Å². The Labute approximate surface area is 213 Å². The molecule has 11 heteroatoms. The van der Waals surface area contributed by atoms with Gasteiger partial charge in [-0.2, -0.15) is 5.10 Å². The number of rotatable bonds is 4. The van der Waals surface area contributed by atoms with Crippen LogP contribution in [0, 0.1) is 0 Å². The van der Waals surface area contributed by atoms with Crippen molar-refractivity contribution >= 4 is 28.7 Å². The van der Waals surface area contributed by atoms with Crippen molar-refractivity contribution in [1.82, 2.24) is 34.5 Å². The summed E-state index contributed by atoms with van der Waals surface area (Å²) in [5, 5.41) is 13.4. The van der Waals surface area contributed by atoms with Crippen molar-refractivity contribution in [2.45, 2.75) is 25.4 Å². The quantitative estimate of drug-likeness (QED) is 0.458. The molecule has 2 aliphatic heterocycles. The van der Waals surface area contributed by atoms with Crippen LogP contribution in [0.4, 0.5) is 10.5 Å². The molecule has 37 heavy (non-hydrogen) atoms. The minimum atomic E-state index is -0.500. The van der Waals surface area contributed by atoms with E-state index in [4.69, 9.17) is 4.98 Å². The largest absolute Gasteiger partial charge is 0.387 e. The van der Waals surface area contributed by atoms with Gasteiger partial charge in [0.1, 0.15) is 12.1 Å². The van der Waals surface area contributed by atoms with Crippen LogP contribution in [-0.4, -0.2) is 84.4 Å². The second-order valence-corrected chi connectivity index (χ2v) is 9.33. The van der Waals surface area contributed by atoms with E-state index >= 15 is 0 Å². The number of nitrogens with zero attached hydrogens (tertiary/aromatic N) is 8. The number of urea groups is 1. The SMILES string of the molecule is CN1Cc2cnc3ccc(-c4ccc(-n5cccn5)nc4)nc3c2N(C2CCN(C(=O)CO)CC2)C1=O. The molecule has 0 bridgehead atoms. The average Bonchev–Trinajstić information content (AvgIpc) is 3.48. The maximum absolute atomic E-state index is 13.5. The number of amides is 3. The lowest BCUT2D eigenvalue weighted by molar-refractivity contribution is -0.135. The molecular weight excluding hydrogens is 472 g/mol. The van der Waals surface area contributed by atoms with Crippen LogP contribution in [0.15, 0.2) is 55.1 Å². The minimum Gasteiger partial charge on any atom is -0.387 e. The first kappa shape index (κ1) is 23.0. The van der Waals surface area contributed by atoms with Gasteiger partial charge in [0.25, 0.3) is 0 Å². The number of carbonyl (C=O) groups excluding carboxylic acids is 2. The van der Waals surface area contributed by atoms with E-state index in [1.54, 1.807) is 33.9 Å². The van der Waals surface area contributed by atoms with Crippen LogP contribution in [-0.2, 0) is 11.3 Å². The first-order valence-electron chi connectivity index (χ1n) is 12.2. The zero-order valence-corrected chi connectivity index (χ0v) is 20.4. The molecule has 4 aromatic rings. The molecule has 1 N–H and O–H groups in total. The lowest BCUT2D eigenvalue weighted by atomic mass is 9.99. The fraction of sp³-hybridized carbons (Fsp3) is 0.308. The highest BCUT2D eigenvalue weighted by atomic mass is 16.3. The van der Waals surface area contributed by atoms with Crippen molar-refractivity contribution < 1.29 is 14.7 Å². The molecular formula is C26H26N8O3. The number of aliphatic hydroxyl groups is 1. The maximum atomic E-state index is 13.5. The fourth-order valence-electron chi connectivity index (χ4n) is 5.13. The zero-order chi connectivity index (χ0) is 25.5. The predicted molar refractivity (Wildman–Crippen MR) is 136 cm³/mol. The third-order valence-electron chi connectivity index (χ3n) is 7.04. The van der Waals surface area contributed by atoms with Crippen LogP contribution in [0.1, 0.15) is 18.4 Å². The number of hydrogen-bond acceptors (Lipinski definition) is 7. The van der Waals surface area contributed by atoms with Crippen LogP contribution in [0.5, 0.6) is 0 Å².